The van der Waals surface area contributed by atoms with E-state index in [-0.39, 0.29) is 37.0 Å². The van der Waals surface area contributed by atoms with Gasteiger partial charge in [-0.3, -0.25) is 9.59 Å². The molecule has 186 valence electrons. The Bertz CT molecular complexity index is 1250. The average Bonchev–Trinajstić information content (AvgIpc) is 3.37. The number of nitrogens with zero attached hydrogens (tertiary/aromatic N) is 2. The maximum Gasteiger partial charge on any atom is 0.242 e. The van der Waals surface area contributed by atoms with Crippen molar-refractivity contribution in [3.05, 3.63) is 96.0 Å². The maximum absolute atomic E-state index is 13.6. The summed E-state index contributed by atoms with van der Waals surface area (Å²) in [4.78, 5) is 30.2. The highest BCUT2D eigenvalue weighted by Gasteiger charge is 2.45. The fourth-order valence-electron chi connectivity index (χ4n) is 4.67. The molecule has 2 aliphatic rings. The van der Waals surface area contributed by atoms with E-state index < -0.39 is 0 Å². The van der Waals surface area contributed by atoms with Gasteiger partial charge in [-0.2, -0.15) is 0 Å². The molecule has 1 aliphatic heterocycles. The van der Waals surface area contributed by atoms with E-state index in [0.29, 0.717) is 36.9 Å². The van der Waals surface area contributed by atoms with E-state index in [0.717, 1.165) is 17.7 Å². The Morgan fingerprint density at radius 2 is 1.81 bits per heavy atom. The fourth-order valence-corrected chi connectivity index (χ4v) is 4.67. The molecule has 2 amide bonds. The SMILES string of the molecule is C=CCN(CC(=O)N(Cc1ccc2c(c1)OCO2)Cc1ccc(C)o1)C(=O)C1CC1c1ccccc1. The predicted molar refractivity (Wildman–Crippen MR) is 134 cm³/mol. The Labute approximate surface area is 210 Å². The van der Waals surface area contributed by atoms with Crippen LogP contribution in [0.5, 0.6) is 11.5 Å². The van der Waals surface area contributed by atoms with Gasteiger partial charge in [0.2, 0.25) is 18.6 Å². The number of furan rings is 1. The molecule has 2 heterocycles. The van der Waals surface area contributed by atoms with E-state index in [1.165, 1.54) is 5.56 Å². The summed E-state index contributed by atoms with van der Waals surface area (Å²) in [5.74, 6) is 2.77. The number of carbonyl (C=O) groups excluding carboxylic acids is 2. The highest BCUT2D eigenvalue weighted by molar-refractivity contribution is 5.88. The van der Waals surface area contributed by atoms with Crippen molar-refractivity contribution in [3.63, 3.8) is 0 Å². The molecule has 36 heavy (non-hydrogen) atoms. The third kappa shape index (κ3) is 5.30. The van der Waals surface area contributed by atoms with Gasteiger partial charge >= 0.3 is 0 Å². The van der Waals surface area contributed by atoms with Gasteiger partial charge in [-0.15, -0.1) is 6.58 Å². The van der Waals surface area contributed by atoms with E-state index >= 15 is 0 Å². The van der Waals surface area contributed by atoms with Gasteiger partial charge in [-0.05, 0) is 54.7 Å². The summed E-state index contributed by atoms with van der Waals surface area (Å²) >= 11 is 0. The lowest BCUT2D eigenvalue weighted by molar-refractivity contribution is -0.141. The standard InChI is InChI=1S/C29H30N2O5/c1-3-13-30(29(33)25-15-24(25)22-7-5-4-6-8-22)18-28(32)31(17-23-11-9-20(2)36-23)16-21-10-12-26-27(14-21)35-19-34-26/h3-12,14,24-25H,1,13,15-19H2,2H3. The van der Waals surface area contributed by atoms with Crippen LogP contribution < -0.4 is 9.47 Å². The number of carbonyl (C=O) groups is 2. The first-order valence-electron chi connectivity index (χ1n) is 12.2. The van der Waals surface area contributed by atoms with Crippen molar-refractivity contribution in [2.75, 3.05) is 19.9 Å². The lowest BCUT2D eigenvalue weighted by Gasteiger charge is -2.27. The quantitative estimate of drug-likeness (QED) is 0.390. The van der Waals surface area contributed by atoms with Gasteiger partial charge in [0, 0.05) is 19.0 Å². The molecule has 1 aromatic heterocycles. The van der Waals surface area contributed by atoms with Gasteiger partial charge in [0.1, 0.15) is 18.1 Å². The van der Waals surface area contributed by atoms with Crippen LogP contribution in [0.1, 0.15) is 35.0 Å². The monoisotopic (exact) mass is 486 g/mol. The predicted octanol–water partition coefficient (Wildman–Crippen LogP) is 4.66. The third-order valence-corrected chi connectivity index (χ3v) is 6.63. The molecule has 3 aromatic rings. The van der Waals surface area contributed by atoms with Crippen LogP contribution >= 0.6 is 0 Å². The molecule has 1 aliphatic carbocycles. The molecule has 0 bridgehead atoms. The first-order valence-corrected chi connectivity index (χ1v) is 12.2. The van der Waals surface area contributed by atoms with Crippen LogP contribution in [0, 0.1) is 12.8 Å². The number of benzene rings is 2. The van der Waals surface area contributed by atoms with Crippen molar-refractivity contribution in [2.24, 2.45) is 5.92 Å². The van der Waals surface area contributed by atoms with Gasteiger partial charge in [-0.25, -0.2) is 0 Å². The van der Waals surface area contributed by atoms with E-state index in [1.807, 2.05) is 55.5 Å². The second-order valence-corrected chi connectivity index (χ2v) is 9.32. The zero-order valence-electron chi connectivity index (χ0n) is 20.4. The average molecular weight is 487 g/mol. The van der Waals surface area contributed by atoms with Crippen LogP contribution in [0.15, 0.2) is 77.7 Å². The van der Waals surface area contributed by atoms with Crippen LogP contribution in [0.25, 0.3) is 0 Å². The molecule has 2 aromatic carbocycles. The Morgan fingerprint density at radius 3 is 2.56 bits per heavy atom. The van der Waals surface area contributed by atoms with Crippen molar-refractivity contribution in [3.8, 4) is 11.5 Å². The zero-order chi connectivity index (χ0) is 25.1. The second kappa shape index (κ2) is 10.3. The molecule has 0 saturated heterocycles. The first-order chi connectivity index (χ1) is 17.5. The largest absolute Gasteiger partial charge is 0.464 e. The van der Waals surface area contributed by atoms with Gasteiger partial charge < -0.3 is 23.7 Å². The van der Waals surface area contributed by atoms with Crippen LogP contribution in [0.3, 0.4) is 0 Å². The first kappa shape index (κ1) is 23.7. The van der Waals surface area contributed by atoms with E-state index in [2.05, 4.69) is 18.7 Å². The molecule has 0 spiro atoms. The van der Waals surface area contributed by atoms with E-state index in [9.17, 15) is 9.59 Å². The summed E-state index contributed by atoms with van der Waals surface area (Å²) in [6.45, 7) is 6.81. The summed E-state index contributed by atoms with van der Waals surface area (Å²) in [5.41, 5.74) is 2.07. The van der Waals surface area contributed by atoms with Gasteiger partial charge in [0.05, 0.1) is 6.54 Å². The van der Waals surface area contributed by atoms with Crippen molar-refractivity contribution < 1.29 is 23.5 Å². The number of hydrogen-bond acceptors (Lipinski definition) is 5. The fraction of sp³-hybridized carbons (Fsp3) is 0.310. The molecule has 1 saturated carbocycles. The van der Waals surface area contributed by atoms with Crippen molar-refractivity contribution in [2.45, 2.75) is 32.4 Å². The summed E-state index contributed by atoms with van der Waals surface area (Å²) < 4.78 is 16.7. The topological polar surface area (TPSA) is 72.2 Å². The molecular weight excluding hydrogens is 456 g/mol. The van der Waals surface area contributed by atoms with Crippen LogP contribution in [-0.2, 0) is 22.7 Å². The van der Waals surface area contributed by atoms with Crippen LogP contribution in [0.4, 0.5) is 0 Å². The molecule has 5 rings (SSSR count). The molecule has 2 atom stereocenters. The third-order valence-electron chi connectivity index (χ3n) is 6.63. The minimum absolute atomic E-state index is 0.00558. The van der Waals surface area contributed by atoms with Gasteiger partial charge in [0.15, 0.2) is 11.5 Å². The van der Waals surface area contributed by atoms with Gasteiger partial charge in [0.25, 0.3) is 0 Å². The smallest absolute Gasteiger partial charge is 0.242 e. The van der Waals surface area contributed by atoms with Crippen LogP contribution in [0.2, 0.25) is 0 Å². The van der Waals surface area contributed by atoms with Crippen molar-refractivity contribution in [1.29, 1.82) is 0 Å². The molecule has 1 fully saturated rings. The Balaban J connectivity index is 1.31. The molecule has 2 unspecified atom stereocenters. The summed E-state index contributed by atoms with van der Waals surface area (Å²) in [5, 5.41) is 0. The van der Waals surface area contributed by atoms with Crippen LogP contribution in [-0.4, -0.2) is 41.5 Å². The summed E-state index contributed by atoms with van der Waals surface area (Å²) in [7, 11) is 0. The lowest BCUT2D eigenvalue weighted by Crippen LogP contribution is -2.43. The number of aryl methyl sites for hydroxylation is 1. The van der Waals surface area contributed by atoms with Crippen molar-refractivity contribution in [1.82, 2.24) is 9.80 Å². The number of rotatable bonds is 10. The number of hydrogen-bond donors (Lipinski definition) is 0. The summed E-state index contributed by atoms with van der Waals surface area (Å²) in [6.07, 6.45) is 2.47. The highest BCUT2D eigenvalue weighted by Crippen LogP contribution is 2.48. The minimum Gasteiger partial charge on any atom is -0.464 e. The molecular formula is C29H30N2O5. The highest BCUT2D eigenvalue weighted by atomic mass is 16.7. The Morgan fingerprint density at radius 1 is 1.00 bits per heavy atom. The van der Waals surface area contributed by atoms with Gasteiger partial charge in [-0.1, -0.05) is 42.5 Å². The molecule has 0 radical (unpaired) electrons. The second-order valence-electron chi connectivity index (χ2n) is 9.32. The zero-order valence-corrected chi connectivity index (χ0v) is 20.4. The Kier molecular flexibility index (Phi) is 6.80. The van der Waals surface area contributed by atoms with Crippen molar-refractivity contribution >= 4 is 11.8 Å². The molecule has 0 N–H and O–H groups in total. The maximum atomic E-state index is 13.6. The molecule has 7 nitrogen and oxygen atoms in total. The van der Waals surface area contributed by atoms with E-state index in [4.69, 9.17) is 13.9 Å². The summed E-state index contributed by atoms with van der Waals surface area (Å²) in [6, 6.07) is 19.5. The number of fused-ring (bicyclic) bond motifs is 1. The van der Waals surface area contributed by atoms with E-state index in [1.54, 1.807) is 15.9 Å². The minimum atomic E-state index is -0.158. The lowest BCUT2D eigenvalue weighted by atomic mass is 10.1. The molecule has 7 heteroatoms. The Hall–Kier alpha value is -4.00. The normalized spacial score (nSPS) is 17.5. The number of amides is 2. The number of ether oxygens (including phenoxy) is 2.